The molecule has 4 heterocycles. The Morgan fingerprint density at radius 3 is 2.83 bits per heavy atom. The quantitative estimate of drug-likeness (QED) is 0.419. The lowest BCUT2D eigenvalue weighted by Gasteiger charge is -2.24. The van der Waals surface area contributed by atoms with Gasteiger partial charge in [0.25, 0.3) is 0 Å². The molecule has 2 aromatic rings. The first-order valence-corrected chi connectivity index (χ1v) is 8.53. The number of imidazole rings is 1. The van der Waals surface area contributed by atoms with Gasteiger partial charge in [-0.25, -0.2) is 15.0 Å². The average Bonchev–Trinajstić information content (AvgIpc) is 3.09. The minimum Gasteiger partial charge on any atom is -0.394 e. The monoisotopic (exact) mass is 452 g/mol. The maximum Gasteiger partial charge on any atom is 0.194 e. The van der Waals surface area contributed by atoms with Crippen LogP contribution >= 0.6 is 34.2 Å². The van der Waals surface area contributed by atoms with E-state index in [2.05, 4.69) is 15.0 Å². The summed E-state index contributed by atoms with van der Waals surface area (Å²) in [6.07, 6.45) is -0.108. The van der Waals surface area contributed by atoms with Crippen LogP contribution in [0.2, 0.25) is 5.15 Å². The van der Waals surface area contributed by atoms with E-state index in [0.29, 0.717) is 15.0 Å². The Bertz CT molecular complexity index is 770. The van der Waals surface area contributed by atoms with Gasteiger partial charge < -0.3 is 19.3 Å². The lowest BCUT2D eigenvalue weighted by molar-refractivity contribution is -0.199. The zero-order valence-corrected chi connectivity index (χ0v) is 15.2. The molecule has 8 nitrogen and oxygen atoms in total. The van der Waals surface area contributed by atoms with E-state index in [1.165, 1.54) is 0 Å². The summed E-state index contributed by atoms with van der Waals surface area (Å²) in [4.78, 5) is 12.8. The molecule has 0 amide bonds. The highest BCUT2D eigenvalue weighted by molar-refractivity contribution is 14.1. The number of aliphatic hydroxyl groups is 1. The molecule has 1 N–H and O–H groups in total. The number of rotatable bonds is 2. The van der Waals surface area contributed by atoms with Gasteiger partial charge in [-0.1, -0.05) is 11.6 Å². The summed E-state index contributed by atoms with van der Waals surface area (Å²) in [6, 6.07) is 0. The molecular formula is C13H14ClIN4O4. The third kappa shape index (κ3) is 2.53. The third-order valence-corrected chi connectivity index (χ3v) is 4.68. The molecule has 0 aliphatic carbocycles. The SMILES string of the molecule is CC1(C)O[C@@H]2[C@H](O1)[C@@H](CO)O[C@H]2n1cnc2c(Cl)nc(I)nc21. The van der Waals surface area contributed by atoms with Crippen molar-refractivity contribution in [2.45, 2.75) is 44.2 Å². The Hall–Kier alpha value is -0.590. The van der Waals surface area contributed by atoms with Crippen molar-refractivity contribution in [3.63, 3.8) is 0 Å². The number of halogens is 2. The Balaban J connectivity index is 1.79. The van der Waals surface area contributed by atoms with Gasteiger partial charge in [-0.15, -0.1) is 0 Å². The van der Waals surface area contributed by atoms with Crippen molar-refractivity contribution in [2.24, 2.45) is 0 Å². The van der Waals surface area contributed by atoms with Gasteiger partial charge in [0.15, 0.2) is 26.6 Å². The molecule has 23 heavy (non-hydrogen) atoms. The predicted octanol–water partition coefficient (Wildman–Crippen LogP) is 1.49. The van der Waals surface area contributed by atoms with E-state index < -0.39 is 18.1 Å². The van der Waals surface area contributed by atoms with Gasteiger partial charge >= 0.3 is 0 Å². The summed E-state index contributed by atoms with van der Waals surface area (Å²) < 4.78 is 20.0. The summed E-state index contributed by atoms with van der Waals surface area (Å²) in [6.45, 7) is 3.52. The zero-order chi connectivity index (χ0) is 16.4. The van der Waals surface area contributed by atoms with Gasteiger partial charge in [0.1, 0.15) is 23.8 Å². The lowest BCUT2D eigenvalue weighted by Crippen LogP contribution is -2.31. The number of hydrogen-bond acceptors (Lipinski definition) is 7. The van der Waals surface area contributed by atoms with Crippen molar-refractivity contribution in [1.82, 2.24) is 19.5 Å². The maximum atomic E-state index is 9.57. The van der Waals surface area contributed by atoms with Crippen molar-refractivity contribution in [2.75, 3.05) is 6.61 Å². The minimum atomic E-state index is -0.734. The van der Waals surface area contributed by atoms with Crippen LogP contribution in [-0.2, 0) is 14.2 Å². The van der Waals surface area contributed by atoms with Crippen LogP contribution in [0, 0.1) is 3.83 Å². The van der Waals surface area contributed by atoms with E-state index in [1.807, 2.05) is 36.4 Å². The average molecular weight is 453 g/mol. The molecule has 0 aromatic carbocycles. The van der Waals surface area contributed by atoms with E-state index in [4.69, 9.17) is 25.8 Å². The highest BCUT2D eigenvalue weighted by Gasteiger charge is 2.55. The molecule has 0 radical (unpaired) electrons. The zero-order valence-electron chi connectivity index (χ0n) is 12.3. The van der Waals surface area contributed by atoms with E-state index in [-0.39, 0.29) is 24.0 Å². The van der Waals surface area contributed by atoms with E-state index >= 15 is 0 Å². The number of aliphatic hydroxyl groups excluding tert-OH is 1. The van der Waals surface area contributed by atoms with Gasteiger partial charge in [-0.2, -0.15) is 0 Å². The second-order valence-corrected chi connectivity index (χ2v) is 7.24. The highest BCUT2D eigenvalue weighted by Crippen LogP contribution is 2.43. The molecule has 4 atom stereocenters. The molecule has 0 bridgehead atoms. The first kappa shape index (κ1) is 15.9. The van der Waals surface area contributed by atoms with Gasteiger partial charge in [0, 0.05) is 22.6 Å². The van der Waals surface area contributed by atoms with Crippen LogP contribution in [-0.4, -0.2) is 55.3 Å². The first-order chi connectivity index (χ1) is 10.9. The molecule has 2 aromatic heterocycles. The Morgan fingerprint density at radius 1 is 1.35 bits per heavy atom. The van der Waals surface area contributed by atoms with Crippen LogP contribution in [0.4, 0.5) is 0 Å². The summed E-state index contributed by atoms with van der Waals surface area (Å²) in [7, 11) is 0. The van der Waals surface area contributed by atoms with Gasteiger partial charge in [-0.05, 0) is 13.8 Å². The number of aromatic nitrogens is 4. The Morgan fingerprint density at radius 2 is 2.09 bits per heavy atom. The molecule has 2 aliphatic heterocycles. The van der Waals surface area contributed by atoms with Crippen molar-refractivity contribution in [3.05, 3.63) is 15.3 Å². The van der Waals surface area contributed by atoms with Crippen molar-refractivity contribution >= 4 is 45.4 Å². The smallest absolute Gasteiger partial charge is 0.194 e. The molecule has 4 rings (SSSR count). The lowest BCUT2D eigenvalue weighted by atomic mass is 10.1. The topological polar surface area (TPSA) is 91.5 Å². The second kappa shape index (κ2) is 5.46. The Labute approximate surface area is 150 Å². The van der Waals surface area contributed by atoms with Crippen molar-refractivity contribution < 1.29 is 19.3 Å². The van der Waals surface area contributed by atoms with Crippen LogP contribution in [0.1, 0.15) is 20.1 Å². The van der Waals surface area contributed by atoms with E-state index in [1.54, 1.807) is 10.9 Å². The molecule has 124 valence electrons. The largest absolute Gasteiger partial charge is 0.394 e. The van der Waals surface area contributed by atoms with Crippen molar-refractivity contribution in [1.29, 1.82) is 0 Å². The molecule has 10 heteroatoms. The molecular weight excluding hydrogens is 439 g/mol. The molecule has 0 spiro atoms. The molecule has 2 fully saturated rings. The fraction of sp³-hybridized carbons (Fsp3) is 0.615. The van der Waals surface area contributed by atoms with Crippen LogP contribution in [0.25, 0.3) is 11.2 Å². The molecule has 2 saturated heterocycles. The maximum absolute atomic E-state index is 9.57. The number of hydrogen-bond donors (Lipinski definition) is 1. The van der Waals surface area contributed by atoms with Crippen LogP contribution in [0.15, 0.2) is 6.33 Å². The van der Waals surface area contributed by atoms with Crippen LogP contribution < -0.4 is 0 Å². The fourth-order valence-corrected chi connectivity index (χ4v) is 3.90. The number of fused-ring (bicyclic) bond motifs is 2. The fourth-order valence-electron chi connectivity index (χ4n) is 3.07. The third-order valence-electron chi connectivity index (χ3n) is 3.93. The van der Waals surface area contributed by atoms with E-state index in [9.17, 15) is 5.11 Å². The Kier molecular flexibility index (Phi) is 3.78. The van der Waals surface area contributed by atoms with Crippen LogP contribution in [0.5, 0.6) is 0 Å². The highest BCUT2D eigenvalue weighted by atomic mass is 127. The summed E-state index contributed by atoms with van der Waals surface area (Å²) >= 11 is 8.12. The molecule has 0 unspecified atom stereocenters. The summed E-state index contributed by atoms with van der Waals surface area (Å²) in [5.74, 6) is -0.734. The standard InChI is InChI=1S/C13H14ClIN4O4/c1-13(2)22-7-5(3-20)21-11(8(7)23-13)19-4-16-6-9(14)17-12(15)18-10(6)19/h4-5,7-8,11,20H,3H2,1-2H3/t5-,7-,8-,11-/m1/s1. The summed E-state index contributed by atoms with van der Waals surface area (Å²) in [5, 5.41) is 9.85. The normalized spacial score (nSPS) is 32.6. The summed E-state index contributed by atoms with van der Waals surface area (Å²) in [5.41, 5.74) is 1.06. The predicted molar refractivity (Wildman–Crippen MR) is 87.9 cm³/mol. The minimum absolute atomic E-state index is 0.156. The number of ether oxygens (including phenoxy) is 3. The van der Waals surface area contributed by atoms with Gasteiger partial charge in [-0.3, -0.25) is 4.57 Å². The van der Waals surface area contributed by atoms with Gasteiger partial charge in [0.05, 0.1) is 12.9 Å². The van der Waals surface area contributed by atoms with E-state index in [0.717, 1.165) is 0 Å². The molecule has 0 saturated carbocycles. The van der Waals surface area contributed by atoms with Crippen molar-refractivity contribution in [3.8, 4) is 0 Å². The number of nitrogens with zero attached hydrogens (tertiary/aromatic N) is 4. The molecule has 2 aliphatic rings. The first-order valence-electron chi connectivity index (χ1n) is 7.07. The van der Waals surface area contributed by atoms with Gasteiger partial charge in [0.2, 0.25) is 0 Å². The second-order valence-electron chi connectivity index (χ2n) is 5.92. The van der Waals surface area contributed by atoms with Crippen LogP contribution in [0.3, 0.4) is 0 Å².